The average molecular weight is 306 g/mol. The van der Waals surface area contributed by atoms with Crippen molar-refractivity contribution in [3.63, 3.8) is 0 Å². The molecule has 120 valence electrons. The number of nitrogens with zero attached hydrogens (tertiary/aromatic N) is 2. The molecule has 0 spiro atoms. The number of hydrogen-bond acceptors (Lipinski definition) is 2. The summed E-state index contributed by atoms with van der Waals surface area (Å²) in [6.45, 7) is 2.40. The van der Waals surface area contributed by atoms with Crippen molar-refractivity contribution in [3.05, 3.63) is 65.7 Å². The van der Waals surface area contributed by atoms with Gasteiger partial charge in [0.2, 0.25) is 0 Å². The Labute approximate surface area is 139 Å². The topological polar surface area (TPSA) is 6.48 Å². The van der Waals surface area contributed by atoms with Crippen molar-refractivity contribution in [3.8, 4) is 0 Å². The SMILES string of the molecule is CN1CCCC1CN(c1ccccc1)C1Cc2ccccc2C1. The molecule has 0 aromatic heterocycles. The van der Waals surface area contributed by atoms with E-state index in [4.69, 9.17) is 0 Å². The van der Waals surface area contributed by atoms with Crippen molar-refractivity contribution >= 4 is 5.69 Å². The number of para-hydroxylation sites is 1. The smallest absolute Gasteiger partial charge is 0.0371 e. The summed E-state index contributed by atoms with van der Waals surface area (Å²) < 4.78 is 0. The van der Waals surface area contributed by atoms with E-state index in [1.807, 2.05) is 0 Å². The highest BCUT2D eigenvalue weighted by Crippen LogP contribution is 2.30. The molecule has 0 saturated carbocycles. The van der Waals surface area contributed by atoms with Crippen LogP contribution in [0.2, 0.25) is 0 Å². The van der Waals surface area contributed by atoms with Gasteiger partial charge in [0, 0.05) is 24.3 Å². The number of benzene rings is 2. The molecule has 1 unspecified atom stereocenters. The zero-order chi connectivity index (χ0) is 15.6. The molecule has 0 radical (unpaired) electrons. The van der Waals surface area contributed by atoms with Gasteiger partial charge in [-0.3, -0.25) is 0 Å². The van der Waals surface area contributed by atoms with Crippen LogP contribution in [0.4, 0.5) is 5.69 Å². The van der Waals surface area contributed by atoms with Crippen molar-refractivity contribution in [1.29, 1.82) is 0 Å². The Balaban J connectivity index is 1.59. The molecule has 1 aliphatic heterocycles. The molecule has 2 aromatic carbocycles. The van der Waals surface area contributed by atoms with Gasteiger partial charge in [-0.15, -0.1) is 0 Å². The molecule has 1 aliphatic carbocycles. The third-order valence-corrected chi connectivity index (χ3v) is 5.64. The highest BCUT2D eigenvalue weighted by atomic mass is 15.2. The summed E-state index contributed by atoms with van der Waals surface area (Å²) in [5.74, 6) is 0. The van der Waals surface area contributed by atoms with Crippen LogP contribution in [0.25, 0.3) is 0 Å². The predicted molar refractivity (Wildman–Crippen MR) is 97.1 cm³/mol. The largest absolute Gasteiger partial charge is 0.366 e. The van der Waals surface area contributed by atoms with E-state index in [1.54, 1.807) is 11.1 Å². The van der Waals surface area contributed by atoms with E-state index in [2.05, 4.69) is 71.4 Å². The maximum absolute atomic E-state index is 2.67. The number of likely N-dealkylation sites (N-methyl/N-ethyl adjacent to an activating group) is 1. The van der Waals surface area contributed by atoms with Gasteiger partial charge in [0.05, 0.1) is 0 Å². The maximum atomic E-state index is 2.67. The summed E-state index contributed by atoms with van der Waals surface area (Å²) in [4.78, 5) is 5.21. The Morgan fingerprint density at radius 2 is 1.61 bits per heavy atom. The molecular weight excluding hydrogens is 280 g/mol. The second-order valence-electron chi connectivity index (χ2n) is 7.10. The van der Waals surface area contributed by atoms with Crippen LogP contribution in [-0.4, -0.2) is 37.1 Å². The molecule has 2 aliphatic rings. The summed E-state index contributed by atoms with van der Waals surface area (Å²) in [5, 5.41) is 0. The number of likely N-dealkylation sites (tertiary alicyclic amines) is 1. The molecule has 2 nitrogen and oxygen atoms in total. The van der Waals surface area contributed by atoms with Crippen LogP contribution in [0.3, 0.4) is 0 Å². The van der Waals surface area contributed by atoms with Crippen molar-refractivity contribution in [2.24, 2.45) is 0 Å². The lowest BCUT2D eigenvalue weighted by molar-refractivity contribution is 0.306. The standard InChI is InChI=1S/C21H26N2/c1-22-13-7-12-20(22)16-23(19-10-3-2-4-11-19)21-14-17-8-5-6-9-18(17)15-21/h2-6,8-11,20-21H,7,12-16H2,1H3. The summed E-state index contributed by atoms with van der Waals surface area (Å²) in [6, 6.07) is 21.3. The lowest BCUT2D eigenvalue weighted by Gasteiger charge is -2.35. The third-order valence-electron chi connectivity index (χ3n) is 5.64. The molecule has 1 saturated heterocycles. The quantitative estimate of drug-likeness (QED) is 0.849. The first-order chi connectivity index (χ1) is 11.3. The van der Waals surface area contributed by atoms with Crippen molar-refractivity contribution < 1.29 is 0 Å². The Hall–Kier alpha value is -1.80. The Bertz CT molecular complexity index is 627. The maximum Gasteiger partial charge on any atom is 0.0371 e. The summed E-state index contributed by atoms with van der Waals surface area (Å²) in [7, 11) is 2.28. The van der Waals surface area contributed by atoms with Gasteiger partial charge in [0.1, 0.15) is 0 Å². The zero-order valence-corrected chi connectivity index (χ0v) is 14.0. The first kappa shape index (κ1) is 14.8. The van der Waals surface area contributed by atoms with Crippen LogP contribution in [0.5, 0.6) is 0 Å². The molecule has 0 amide bonds. The van der Waals surface area contributed by atoms with Crippen molar-refractivity contribution in [2.75, 3.05) is 25.0 Å². The van der Waals surface area contributed by atoms with Crippen LogP contribution >= 0.6 is 0 Å². The summed E-state index contributed by atoms with van der Waals surface area (Å²) in [5.41, 5.74) is 4.46. The van der Waals surface area contributed by atoms with Gasteiger partial charge in [-0.25, -0.2) is 0 Å². The van der Waals surface area contributed by atoms with Crippen molar-refractivity contribution in [1.82, 2.24) is 4.90 Å². The van der Waals surface area contributed by atoms with Gasteiger partial charge in [-0.2, -0.15) is 0 Å². The molecular formula is C21H26N2. The third kappa shape index (κ3) is 3.00. The monoisotopic (exact) mass is 306 g/mol. The van der Waals surface area contributed by atoms with E-state index in [0.717, 1.165) is 6.54 Å². The van der Waals surface area contributed by atoms with Gasteiger partial charge in [0.25, 0.3) is 0 Å². The van der Waals surface area contributed by atoms with E-state index >= 15 is 0 Å². The second kappa shape index (κ2) is 6.37. The van der Waals surface area contributed by atoms with Gasteiger partial charge in [-0.1, -0.05) is 42.5 Å². The van der Waals surface area contributed by atoms with Crippen LogP contribution < -0.4 is 4.90 Å². The van der Waals surface area contributed by atoms with Crippen molar-refractivity contribution in [2.45, 2.75) is 37.8 Å². The van der Waals surface area contributed by atoms with E-state index in [-0.39, 0.29) is 0 Å². The van der Waals surface area contributed by atoms with E-state index in [0.29, 0.717) is 12.1 Å². The Kier molecular flexibility index (Phi) is 4.09. The molecule has 4 rings (SSSR count). The van der Waals surface area contributed by atoms with E-state index in [9.17, 15) is 0 Å². The van der Waals surface area contributed by atoms with Gasteiger partial charge in [-0.05, 0) is 62.5 Å². The number of rotatable bonds is 4. The Morgan fingerprint density at radius 1 is 0.957 bits per heavy atom. The van der Waals surface area contributed by atoms with Gasteiger partial charge in [0.15, 0.2) is 0 Å². The fourth-order valence-corrected chi connectivity index (χ4v) is 4.28. The molecule has 1 fully saturated rings. The molecule has 2 aromatic rings. The van der Waals surface area contributed by atoms with Crippen LogP contribution in [0.15, 0.2) is 54.6 Å². The fraction of sp³-hybridized carbons (Fsp3) is 0.429. The molecule has 23 heavy (non-hydrogen) atoms. The first-order valence-electron chi connectivity index (χ1n) is 8.90. The fourth-order valence-electron chi connectivity index (χ4n) is 4.28. The molecule has 0 N–H and O–H groups in total. The second-order valence-corrected chi connectivity index (χ2v) is 7.10. The Morgan fingerprint density at radius 3 is 2.22 bits per heavy atom. The lowest BCUT2D eigenvalue weighted by atomic mass is 10.1. The van der Waals surface area contributed by atoms with Crippen LogP contribution in [0, 0.1) is 0 Å². The number of hydrogen-bond donors (Lipinski definition) is 0. The summed E-state index contributed by atoms with van der Waals surface area (Å²) >= 11 is 0. The van der Waals surface area contributed by atoms with E-state index < -0.39 is 0 Å². The molecule has 0 bridgehead atoms. The van der Waals surface area contributed by atoms with Gasteiger partial charge >= 0.3 is 0 Å². The number of fused-ring (bicyclic) bond motifs is 1. The minimum Gasteiger partial charge on any atom is -0.366 e. The molecule has 1 atom stereocenters. The lowest BCUT2D eigenvalue weighted by Crippen LogP contribution is -2.44. The van der Waals surface area contributed by atoms with Gasteiger partial charge < -0.3 is 9.80 Å². The van der Waals surface area contributed by atoms with Crippen LogP contribution in [-0.2, 0) is 12.8 Å². The minimum absolute atomic E-state index is 0.601. The van der Waals surface area contributed by atoms with Crippen LogP contribution in [0.1, 0.15) is 24.0 Å². The average Bonchev–Trinajstić information content (AvgIpc) is 3.19. The molecule has 2 heteroatoms. The first-order valence-corrected chi connectivity index (χ1v) is 8.90. The number of anilines is 1. The highest BCUT2D eigenvalue weighted by molar-refractivity contribution is 5.50. The zero-order valence-electron chi connectivity index (χ0n) is 14.0. The summed E-state index contributed by atoms with van der Waals surface area (Å²) in [6.07, 6.45) is 5.04. The van der Waals surface area contributed by atoms with E-state index in [1.165, 1.54) is 37.9 Å². The molecule has 1 heterocycles. The minimum atomic E-state index is 0.601. The normalized spacial score (nSPS) is 21.5. The predicted octanol–water partition coefficient (Wildman–Crippen LogP) is 3.75. The highest BCUT2D eigenvalue weighted by Gasteiger charge is 2.30.